The van der Waals surface area contributed by atoms with Crippen molar-refractivity contribution in [1.82, 2.24) is 0 Å². The molecule has 2 aromatic carbocycles. The number of carbonyl (C=O) groups excluding carboxylic acids is 1. The molecule has 0 aliphatic carbocycles. The van der Waals surface area contributed by atoms with Crippen molar-refractivity contribution in [1.29, 1.82) is 0 Å². The van der Waals surface area contributed by atoms with Crippen molar-refractivity contribution in [3.8, 4) is 28.7 Å². The van der Waals surface area contributed by atoms with E-state index in [0.717, 1.165) is 23.6 Å². The second-order valence-electron chi connectivity index (χ2n) is 9.04. The number of ether oxygens (including phenoxy) is 1. The first-order chi connectivity index (χ1) is 14.9. The van der Waals surface area contributed by atoms with Crippen molar-refractivity contribution in [3.05, 3.63) is 64.8 Å². The Morgan fingerprint density at radius 2 is 1.72 bits per heavy atom. The predicted octanol–water partition coefficient (Wildman–Crippen LogP) is 5.48. The Hall–Kier alpha value is -3.41. The molecule has 2 aromatic rings. The summed E-state index contributed by atoms with van der Waals surface area (Å²) in [6.07, 6.45) is 3.33. The third kappa shape index (κ3) is 4.59. The lowest BCUT2D eigenvalue weighted by atomic mass is 9.83. The van der Waals surface area contributed by atoms with E-state index >= 15 is 0 Å². The molecule has 0 radical (unpaired) electrons. The van der Waals surface area contributed by atoms with Gasteiger partial charge in [0.05, 0.1) is 12.0 Å². The fraction of sp³-hybridized carbons (Fsp3) is 0.346. The van der Waals surface area contributed by atoms with Crippen LogP contribution in [0.3, 0.4) is 0 Å². The van der Waals surface area contributed by atoms with E-state index in [4.69, 9.17) is 4.74 Å². The van der Waals surface area contributed by atoms with E-state index < -0.39 is 11.4 Å². The summed E-state index contributed by atoms with van der Waals surface area (Å²) >= 11 is 0. The highest BCUT2D eigenvalue weighted by molar-refractivity contribution is 6.03. The third-order valence-electron chi connectivity index (χ3n) is 5.85. The number of aromatic hydroxyl groups is 4. The van der Waals surface area contributed by atoms with Crippen molar-refractivity contribution in [3.63, 3.8) is 0 Å². The number of hydrogen-bond donors (Lipinski definition) is 4. The lowest BCUT2D eigenvalue weighted by molar-refractivity contribution is 0.0469. The molecule has 2 unspecified atom stereocenters. The SMILES string of the molecule is C=C(C)C(CC=C(C)C)Cc1cc(O)c(C2(C)CC(=O)c3c(O)cc(O)cc3O2)c(O)c1. The van der Waals surface area contributed by atoms with Crippen LogP contribution in [-0.4, -0.2) is 26.2 Å². The van der Waals surface area contributed by atoms with Crippen molar-refractivity contribution in [2.75, 3.05) is 0 Å². The van der Waals surface area contributed by atoms with Crippen LogP contribution >= 0.6 is 0 Å². The number of carbonyl (C=O) groups is 1. The van der Waals surface area contributed by atoms with Gasteiger partial charge in [0.2, 0.25) is 0 Å². The minimum atomic E-state index is -1.38. The number of rotatable bonds is 6. The largest absolute Gasteiger partial charge is 0.508 e. The smallest absolute Gasteiger partial charge is 0.174 e. The summed E-state index contributed by atoms with van der Waals surface area (Å²) in [5.41, 5.74) is 1.63. The number of fused-ring (bicyclic) bond motifs is 1. The highest BCUT2D eigenvalue weighted by Crippen LogP contribution is 2.49. The Morgan fingerprint density at radius 1 is 1.09 bits per heavy atom. The van der Waals surface area contributed by atoms with Crippen LogP contribution in [-0.2, 0) is 12.0 Å². The van der Waals surface area contributed by atoms with Crippen LogP contribution in [0.1, 0.15) is 62.0 Å². The van der Waals surface area contributed by atoms with Crippen LogP contribution in [0.4, 0.5) is 0 Å². The van der Waals surface area contributed by atoms with Crippen LogP contribution in [0.5, 0.6) is 28.7 Å². The molecule has 170 valence electrons. The van der Waals surface area contributed by atoms with Gasteiger partial charge in [-0.25, -0.2) is 0 Å². The molecule has 1 heterocycles. The van der Waals surface area contributed by atoms with Crippen molar-refractivity contribution >= 4 is 5.78 Å². The molecule has 3 rings (SSSR count). The van der Waals surface area contributed by atoms with Crippen LogP contribution in [0, 0.1) is 5.92 Å². The van der Waals surface area contributed by atoms with Gasteiger partial charge in [-0.1, -0.05) is 23.8 Å². The highest BCUT2D eigenvalue weighted by Gasteiger charge is 2.43. The molecular weight excluding hydrogens is 408 g/mol. The minimum absolute atomic E-state index is 0.00630. The highest BCUT2D eigenvalue weighted by atomic mass is 16.5. The normalized spacial score (nSPS) is 18.4. The van der Waals surface area contributed by atoms with Crippen molar-refractivity contribution in [2.45, 2.75) is 52.6 Å². The average Bonchev–Trinajstić information content (AvgIpc) is 2.62. The monoisotopic (exact) mass is 438 g/mol. The van der Waals surface area contributed by atoms with E-state index in [0.29, 0.717) is 6.42 Å². The zero-order chi connectivity index (χ0) is 23.8. The van der Waals surface area contributed by atoms with Crippen LogP contribution < -0.4 is 4.74 Å². The summed E-state index contributed by atoms with van der Waals surface area (Å²) in [6.45, 7) is 11.7. The van der Waals surface area contributed by atoms with E-state index in [9.17, 15) is 25.2 Å². The van der Waals surface area contributed by atoms with E-state index in [1.165, 1.54) is 11.6 Å². The van der Waals surface area contributed by atoms with E-state index in [1.54, 1.807) is 19.1 Å². The maximum Gasteiger partial charge on any atom is 0.174 e. The summed E-state index contributed by atoms with van der Waals surface area (Å²) in [4.78, 5) is 12.7. The number of Topliss-reactive ketones (excluding diaryl/α,β-unsaturated/α-hetero) is 1. The van der Waals surface area contributed by atoms with E-state index in [2.05, 4.69) is 12.7 Å². The van der Waals surface area contributed by atoms with Gasteiger partial charge in [0.1, 0.15) is 39.9 Å². The number of hydrogen-bond acceptors (Lipinski definition) is 6. The van der Waals surface area contributed by atoms with Gasteiger partial charge >= 0.3 is 0 Å². The van der Waals surface area contributed by atoms with Gasteiger partial charge in [0.15, 0.2) is 5.78 Å². The predicted molar refractivity (Wildman–Crippen MR) is 123 cm³/mol. The summed E-state index contributed by atoms with van der Waals surface area (Å²) in [7, 11) is 0. The molecule has 1 aliphatic heterocycles. The van der Waals surface area contributed by atoms with Gasteiger partial charge in [-0.2, -0.15) is 0 Å². The van der Waals surface area contributed by atoms with Crippen LogP contribution in [0.15, 0.2) is 48.1 Å². The first-order valence-corrected chi connectivity index (χ1v) is 10.5. The molecule has 6 heteroatoms. The van der Waals surface area contributed by atoms with Gasteiger partial charge in [-0.3, -0.25) is 4.79 Å². The van der Waals surface area contributed by atoms with E-state index in [-0.39, 0.29) is 52.2 Å². The molecule has 0 spiro atoms. The first-order valence-electron chi connectivity index (χ1n) is 10.5. The molecule has 0 saturated heterocycles. The van der Waals surface area contributed by atoms with Crippen molar-refractivity contribution < 1.29 is 30.0 Å². The molecular formula is C26H30O6. The third-order valence-corrected chi connectivity index (χ3v) is 5.85. The quantitative estimate of drug-likeness (QED) is 0.445. The second kappa shape index (κ2) is 8.61. The molecule has 2 atom stereocenters. The molecule has 0 amide bonds. The number of allylic oxidation sites excluding steroid dienone is 3. The Bertz CT molecular complexity index is 1090. The Kier molecular flexibility index (Phi) is 6.26. The maximum atomic E-state index is 12.7. The second-order valence-corrected chi connectivity index (χ2v) is 9.04. The number of phenols is 4. The zero-order valence-electron chi connectivity index (χ0n) is 18.9. The first kappa shape index (κ1) is 23.3. The van der Waals surface area contributed by atoms with Gasteiger partial charge in [0, 0.05) is 12.1 Å². The lowest BCUT2D eigenvalue weighted by Gasteiger charge is -2.36. The van der Waals surface area contributed by atoms with E-state index in [1.807, 2.05) is 20.8 Å². The topological polar surface area (TPSA) is 107 Å². The van der Waals surface area contributed by atoms with Crippen LogP contribution in [0.2, 0.25) is 0 Å². The fourth-order valence-corrected chi connectivity index (χ4v) is 4.21. The summed E-state index contributed by atoms with van der Waals surface area (Å²) < 4.78 is 5.94. The molecule has 0 fully saturated rings. The molecule has 0 saturated carbocycles. The molecule has 32 heavy (non-hydrogen) atoms. The van der Waals surface area contributed by atoms with Gasteiger partial charge in [-0.05, 0) is 64.2 Å². The van der Waals surface area contributed by atoms with Gasteiger partial charge < -0.3 is 25.2 Å². The van der Waals surface area contributed by atoms with Crippen molar-refractivity contribution in [2.24, 2.45) is 5.92 Å². The summed E-state index contributed by atoms with van der Waals surface area (Å²) in [5, 5.41) is 41.5. The van der Waals surface area contributed by atoms with Crippen LogP contribution in [0.25, 0.3) is 0 Å². The number of ketones is 1. The zero-order valence-corrected chi connectivity index (χ0v) is 18.9. The Labute approximate surface area is 188 Å². The number of phenolic OH excluding ortho intramolecular Hbond substituents is 4. The van der Waals surface area contributed by atoms with Gasteiger partial charge in [0.25, 0.3) is 0 Å². The molecule has 6 nitrogen and oxygen atoms in total. The molecule has 0 bridgehead atoms. The standard InChI is InChI=1S/C26H30O6/c1-14(2)6-7-17(15(3)4)8-16-9-20(29)25(21(30)10-16)26(5)13-22(31)24-19(28)11-18(27)12-23(24)32-26/h6,9-12,17,27-30H,3,7-8,13H2,1-2,4-5H3. The Balaban J connectivity index is 1.96. The fourth-order valence-electron chi connectivity index (χ4n) is 4.21. The summed E-state index contributed by atoms with van der Waals surface area (Å²) in [6, 6.07) is 5.44. The molecule has 1 aliphatic rings. The maximum absolute atomic E-state index is 12.7. The van der Waals surface area contributed by atoms with Gasteiger partial charge in [-0.15, -0.1) is 0 Å². The summed E-state index contributed by atoms with van der Waals surface area (Å²) in [5.74, 6) is -1.29. The molecule has 4 N–H and O–H groups in total. The lowest BCUT2D eigenvalue weighted by Crippen LogP contribution is -2.36. The molecule has 0 aromatic heterocycles. The average molecular weight is 439 g/mol. The minimum Gasteiger partial charge on any atom is -0.508 e. The number of benzene rings is 2. The Morgan fingerprint density at radius 3 is 2.28 bits per heavy atom.